The molecular weight excluding hydrogens is 236 g/mol. The van der Waals surface area contributed by atoms with Crippen molar-refractivity contribution < 1.29 is 0 Å². The molecule has 1 aromatic heterocycles. The number of hydrogen-bond donors (Lipinski definition) is 1. The lowest BCUT2D eigenvalue weighted by molar-refractivity contribution is 0.621. The van der Waals surface area contributed by atoms with Gasteiger partial charge >= 0.3 is 0 Å². The first-order valence-electron chi connectivity index (χ1n) is 6.85. The van der Waals surface area contributed by atoms with Gasteiger partial charge in [-0.05, 0) is 23.5 Å². The average Bonchev–Trinajstić information content (AvgIpc) is 2.81. The van der Waals surface area contributed by atoms with Crippen LogP contribution in [-0.4, -0.2) is 15.0 Å². The predicted octanol–water partition coefficient (Wildman–Crippen LogP) is 2.47. The lowest BCUT2D eigenvalue weighted by Gasteiger charge is -2.08. The normalized spacial score (nSPS) is 11.2. The van der Waals surface area contributed by atoms with Crippen LogP contribution in [0.25, 0.3) is 0 Å². The summed E-state index contributed by atoms with van der Waals surface area (Å²) in [5, 5.41) is 8.33. The summed E-state index contributed by atoms with van der Waals surface area (Å²) >= 11 is 0. The van der Waals surface area contributed by atoms with Crippen LogP contribution >= 0.6 is 0 Å². The second-order valence-electron chi connectivity index (χ2n) is 5.09. The number of rotatable bonds is 5. The largest absolute Gasteiger partial charge is 0.325 e. The Morgan fingerprint density at radius 1 is 1.21 bits per heavy atom. The Morgan fingerprint density at radius 3 is 2.42 bits per heavy atom. The minimum Gasteiger partial charge on any atom is -0.325 e. The van der Waals surface area contributed by atoms with E-state index in [0.717, 1.165) is 24.4 Å². The van der Waals surface area contributed by atoms with Crippen molar-refractivity contribution in [3.8, 4) is 0 Å². The van der Waals surface area contributed by atoms with E-state index in [9.17, 15) is 0 Å². The Morgan fingerprint density at radius 2 is 1.89 bits per heavy atom. The van der Waals surface area contributed by atoms with Crippen molar-refractivity contribution in [2.75, 3.05) is 0 Å². The molecular formula is C15H22N4. The van der Waals surface area contributed by atoms with E-state index in [1.807, 2.05) is 4.68 Å². The van der Waals surface area contributed by atoms with Crippen LogP contribution < -0.4 is 5.73 Å². The molecule has 0 radical (unpaired) electrons. The van der Waals surface area contributed by atoms with Crippen molar-refractivity contribution in [2.24, 2.45) is 5.73 Å². The highest BCUT2D eigenvalue weighted by molar-refractivity contribution is 5.25. The predicted molar refractivity (Wildman–Crippen MR) is 76.9 cm³/mol. The van der Waals surface area contributed by atoms with E-state index in [1.165, 1.54) is 11.1 Å². The first-order valence-corrected chi connectivity index (χ1v) is 6.85. The number of benzene rings is 1. The van der Waals surface area contributed by atoms with Crippen LogP contribution in [0, 0.1) is 0 Å². The van der Waals surface area contributed by atoms with Crippen molar-refractivity contribution in [3.05, 3.63) is 46.8 Å². The molecule has 2 N–H and O–H groups in total. The smallest absolute Gasteiger partial charge is 0.0994 e. The van der Waals surface area contributed by atoms with Gasteiger partial charge in [-0.15, -0.1) is 5.10 Å². The van der Waals surface area contributed by atoms with Gasteiger partial charge in [0.25, 0.3) is 0 Å². The summed E-state index contributed by atoms with van der Waals surface area (Å²) < 4.78 is 1.95. The summed E-state index contributed by atoms with van der Waals surface area (Å²) in [6.45, 7) is 7.73. The summed E-state index contributed by atoms with van der Waals surface area (Å²) in [4.78, 5) is 0. The van der Waals surface area contributed by atoms with E-state index in [1.54, 1.807) is 0 Å². The summed E-state index contributed by atoms with van der Waals surface area (Å²) in [5.74, 6) is 0.565. The van der Waals surface area contributed by atoms with Crippen molar-refractivity contribution >= 4 is 0 Å². The molecule has 0 fully saturated rings. The maximum atomic E-state index is 5.67. The maximum Gasteiger partial charge on any atom is 0.0994 e. The Balaban J connectivity index is 2.19. The lowest BCUT2D eigenvalue weighted by atomic mass is 10.0. The van der Waals surface area contributed by atoms with E-state index in [4.69, 9.17) is 5.73 Å². The van der Waals surface area contributed by atoms with E-state index >= 15 is 0 Å². The second-order valence-corrected chi connectivity index (χ2v) is 5.09. The zero-order valence-corrected chi connectivity index (χ0v) is 11.9. The molecule has 0 aliphatic heterocycles. The van der Waals surface area contributed by atoms with Crippen molar-refractivity contribution in [1.82, 2.24) is 15.0 Å². The minimum absolute atomic E-state index is 0.454. The minimum atomic E-state index is 0.454. The van der Waals surface area contributed by atoms with Gasteiger partial charge in [-0.3, -0.25) is 0 Å². The number of nitrogens with two attached hydrogens (primary N) is 1. The Hall–Kier alpha value is -1.68. The molecule has 0 spiro atoms. The Kier molecular flexibility index (Phi) is 4.32. The summed E-state index contributed by atoms with van der Waals surface area (Å²) in [7, 11) is 0. The first-order chi connectivity index (χ1) is 9.15. The highest BCUT2D eigenvalue weighted by Gasteiger charge is 2.10. The van der Waals surface area contributed by atoms with Gasteiger partial charge in [0, 0.05) is 6.54 Å². The van der Waals surface area contributed by atoms with Crippen LogP contribution in [0.1, 0.15) is 49.2 Å². The average molecular weight is 258 g/mol. The molecule has 19 heavy (non-hydrogen) atoms. The molecule has 4 heteroatoms. The van der Waals surface area contributed by atoms with Crippen LogP contribution in [0.4, 0.5) is 0 Å². The Bertz CT molecular complexity index is 526. The summed E-state index contributed by atoms with van der Waals surface area (Å²) in [5.41, 5.74) is 10.3. The number of aromatic nitrogens is 3. The van der Waals surface area contributed by atoms with Gasteiger partial charge in [0.15, 0.2) is 0 Å². The molecule has 0 aliphatic carbocycles. The molecule has 0 bridgehead atoms. The molecule has 0 saturated carbocycles. The van der Waals surface area contributed by atoms with Crippen LogP contribution in [0.15, 0.2) is 24.3 Å². The quantitative estimate of drug-likeness (QED) is 0.896. The summed E-state index contributed by atoms with van der Waals surface area (Å²) in [6.07, 6.45) is 0.906. The van der Waals surface area contributed by atoms with E-state index in [2.05, 4.69) is 55.3 Å². The molecule has 0 atom stereocenters. The molecule has 0 saturated heterocycles. The fourth-order valence-corrected chi connectivity index (χ4v) is 2.22. The van der Waals surface area contributed by atoms with Gasteiger partial charge in [0.1, 0.15) is 0 Å². The molecule has 0 aliphatic rings. The fraction of sp³-hybridized carbons (Fsp3) is 0.467. The van der Waals surface area contributed by atoms with Gasteiger partial charge in [0.2, 0.25) is 0 Å². The summed E-state index contributed by atoms with van der Waals surface area (Å²) in [6, 6.07) is 8.70. The molecule has 102 valence electrons. The zero-order valence-electron chi connectivity index (χ0n) is 11.9. The van der Waals surface area contributed by atoms with Gasteiger partial charge in [-0.1, -0.05) is 50.3 Å². The van der Waals surface area contributed by atoms with E-state index in [0.29, 0.717) is 12.5 Å². The van der Waals surface area contributed by atoms with Gasteiger partial charge < -0.3 is 5.73 Å². The molecule has 1 aromatic carbocycles. The molecule has 2 aromatic rings. The SMILES string of the molecule is CCc1c(CN)nnn1Cc1ccc(C(C)C)cc1. The van der Waals surface area contributed by atoms with Gasteiger partial charge in [-0.25, -0.2) is 4.68 Å². The van der Waals surface area contributed by atoms with Gasteiger partial charge in [0.05, 0.1) is 17.9 Å². The van der Waals surface area contributed by atoms with Crippen LogP contribution in [0.2, 0.25) is 0 Å². The topological polar surface area (TPSA) is 56.7 Å². The molecule has 0 amide bonds. The second kappa shape index (κ2) is 5.97. The highest BCUT2D eigenvalue weighted by Crippen LogP contribution is 2.16. The van der Waals surface area contributed by atoms with Crippen molar-refractivity contribution in [2.45, 2.75) is 46.2 Å². The number of nitrogens with zero attached hydrogens (tertiary/aromatic N) is 3. The Labute approximate surface area is 114 Å². The maximum absolute atomic E-state index is 5.67. The van der Waals surface area contributed by atoms with Crippen LogP contribution in [0.5, 0.6) is 0 Å². The highest BCUT2D eigenvalue weighted by atomic mass is 15.4. The fourth-order valence-electron chi connectivity index (χ4n) is 2.22. The molecule has 1 heterocycles. The molecule has 0 unspecified atom stereocenters. The first kappa shape index (κ1) is 13.7. The lowest BCUT2D eigenvalue weighted by Crippen LogP contribution is -2.08. The third-order valence-corrected chi connectivity index (χ3v) is 3.43. The van der Waals surface area contributed by atoms with E-state index in [-0.39, 0.29) is 0 Å². The van der Waals surface area contributed by atoms with Crippen molar-refractivity contribution in [1.29, 1.82) is 0 Å². The van der Waals surface area contributed by atoms with Crippen LogP contribution in [0.3, 0.4) is 0 Å². The number of hydrogen-bond acceptors (Lipinski definition) is 3. The van der Waals surface area contributed by atoms with E-state index < -0.39 is 0 Å². The van der Waals surface area contributed by atoms with Crippen molar-refractivity contribution in [3.63, 3.8) is 0 Å². The monoisotopic (exact) mass is 258 g/mol. The molecule has 2 rings (SSSR count). The molecule has 4 nitrogen and oxygen atoms in total. The zero-order chi connectivity index (χ0) is 13.8. The van der Waals surface area contributed by atoms with Crippen LogP contribution in [-0.2, 0) is 19.5 Å². The third-order valence-electron chi connectivity index (χ3n) is 3.43. The standard InChI is InChI=1S/C15H22N4/c1-4-15-14(9-16)17-18-19(15)10-12-5-7-13(8-6-12)11(2)3/h5-8,11H,4,9-10,16H2,1-3H3. The third kappa shape index (κ3) is 3.01. The van der Waals surface area contributed by atoms with Gasteiger partial charge in [-0.2, -0.15) is 0 Å².